The van der Waals surface area contributed by atoms with Gasteiger partial charge in [-0.05, 0) is 102 Å². The second-order valence-corrected chi connectivity index (χ2v) is 27.3. The van der Waals surface area contributed by atoms with E-state index in [1.807, 2.05) is 18.2 Å². The molecule has 12 rings (SSSR count). The SMILES string of the molecule is CC(c1ccccc1)c1ccc(OP(=O)(Oc2ccc(C(C)c3ccccc3)c(C(C)c3ccccc3)c2C(C)c2ccccc2)Oc2ccc(C(C)c3ccccc3)c(C(C)c3ccccc3)c2C(C)c2ccccc2)c(C(C)c2ccccc2)c1C(C)c1ccccc1. The Morgan fingerprint density at radius 3 is 0.505 bits per heavy atom. The average molecular weight is 1260 g/mol. The highest BCUT2D eigenvalue weighted by atomic mass is 31.2. The average Bonchev–Trinajstić information content (AvgIpc) is 0.767. The lowest BCUT2D eigenvalue weighted by Crippen LogP contribution is -2.18. The number of hydrogen-bond acceptors (Lipinski definition) is 4. The van der Waals surface area contributed by atoms with Crippen LogP contribution in [0.5, 0.6) is 17.2 Å². The summed E-state index contributed by atoms with van der Waals surface area (Å²) in [7, 11) is -5.02. The Balaban J connectivity index is 1.17. The van der Waals surface area contributed by atoms with Gasteiger partial charge in [-0.25, -0.2) is 0 Å². The highest BCUT2D eigenvalue weighted by Gasteiger charge is 2.41. The van der Waals surface area contributed by atoms with Crippen molar-refractivity contribution in [2.24, 2.45) is 0 Å². The molecule has 5 heteroatoms. The predicted octanol–water partition coefficient (Wildman–Crippen LogP) is 24.7. The zero-order valence-corrected chi connectivity index (χ0v) is 57.1. The van der Waals surface area contributed by atoms with Crippen LogP contribution in [0.4, 0.5) is 0 Å². The first-order chi connectivity index (χ1) is 46.3. The van der Waals surface area contributed by atoms with E-state index >= 15 is 4.57 Å². The monoisotopic (exact) mass is 1260 g/mol. The Hall–Kier alpha value is -9.73. The largest absolute Gasteiger partial charge is 0.647 e. The summed E-state index contributed by atoms with van der Waals surface area (Å²) in [6.07, 6.45) is 0. The standard InChI is InChI=1S/C90H87O4P/c1-61(70-37-19-10-20-38-70)79-55-58-82(88(67(7)76-49-31-16-32-50-76)85(79)64(4)73-43-25-13-26-44-73)92-95(91,93-83-59-56-80(62(2)71-39-21-11-22-40-71)86(65(5)74-45-27-14-28-46-74)89(83)68(8)77-51-33-17-34-52-77)94-84-60-57-81(63(3)72-41-23-12-24-42-72)87(66(6)75-47-29-15-30-48-75)90(84)69(9)78-53-35-18-36-54-78/h10-69H,1-9H3. The van der Waals surface area contributed by atoms with Gasteiger partial charge in [-0.15, -0.1) is 0 Å². The Morgan fingerprint density at radius 1 is 0.189 bits per heavy atom. The van der Waals surface area contributed by atoms with Gasteiger partial charge < -0.3 is 13.6 Å². The summed E-state index contributed by atoms with van der Waals surface area (Å²) in [5.41, 5.74) is 19.8. The van der Waals surface area contributed by atoms with E-state index in [0.717, 1.165) is 83.5 Å². The minimum absolute atomic E-state index is 0.0276. The molecule has 0 aliphatic carbocycles. The summed E-state index contributed by atoms with van der Waals surface area (Å²) in [4.78, 5) is 0. The van der Waals surface area contributed by atoms with E-state index in [9.17, 15) is 0 Å². The minimum atomic E-state index is -5.02. The van der Waals surface area contributed by atoms with Crippen LogP contribution in [0, 0.1) is 0 Å². The maximum Gasteiger partial charge on any atom is 0.647 e. The summed E-state index contributed by atoms with van der Waals surface area (Å²) in [5.74, 6) is -0.0309. The van der Waals surface area contributed by atoms with Crippen LogP contribution in [-0.4, -0.2) is 0 Å². The molecule has 0 aliphatic heterocycles. The van der Waals surface area contributed by atoms with Crippen LogP contribution in [0.1, 0.15) is 216 Å². The van der Waals surface area contributed by atoms with E-state index in [2.05, 4.69) is 353 Å². The minimum Gasteiger partial charge on any atom is -0.386 e. The van der Waals surface area contributed by atoms with Crippen LogP contribution in [0.25, 0.3) is 0 Å². The summed E-state index contributed by atoms with van der Waals surface area (Å²) in [6, 6.07) is 109. The van der Waals surface area contributed by atoms with Gasteiger partial charge in [-0.3, -0.25) is 0 Å². The van der Waals surface area contributed by atoms with Crippen LogP contribution in [0.3, 0.4) is 0 Å². The van der Waals surface area contributed by atoms with Crippen molar-refractivity contribution in [2.75, 3.05) is 0 Å². The highest BCUT2D eigenvalue weighted by molar-refractivity contribution is 7.49. The summed E-state index contributed by atoms with van der Waals surface area (Å²) >= 11 is 0. The molecular formula is C90H87O4P. The Kier molecular flexibility index (Phi) is 20.4. The zero-order valence-electron chi connectivity index (χ0n) is 56.2. The third-order valence-corrected chi connectivity index (χ3v) is 21.4. The van der Waals surface area contributed by atoms with E-state index < -0.39 is 7.82 Å². The number of benzene rings is 12. The Bertz CT molecular complexity index is 4030. The maximum absolute atomic E-state index is 18.2. The molecule has 0 radical (unpaired) electrons. The number of phosphoric acid groups is 1. The molecule has 0 saturated carbocycles. The van der Waals surface area contributed by atoms with E-state index in [1.165, 1.54) is 16.7 Å². The van der Waals surface area contributed by atoms with Gasteiger partial charge >= 0.3 is 7.82 Å². The predicted molar refractivity (Wildman–Crippen MR) is 394 cm³/mol. The topological polar surface area (TPSA) is 44.8 Å². The van der Waals surface area contributed by atoms with Gasteiger partial charge in [-0.1, -0.05) is 353 Å². The lowest BCUT2D eigenvalue weighted by atomic mass is 9.76. The molecule has 0 saturated heterocycles. The third kappa shape index (κ3) is 14.2. The van der Waals surface area contributed by atoms with Gasteiger partial charge in [0.1, 0.15) is 17.2 Å². The van der Waals surface area contributed by atoms with Gasteiger partial charge in [0.25, 0.3) is 0 Å². The van der Waals surface area contributed by atoms with Crippen molar-refractivity contribution >= 4 is 7.82 Å². The quantitative estimate of drug-likeness (QED) is 0.0566. The molecule has 0 N–H and O–H groups in total. The fourth-order valence-electron chi connectivity index (χ4n) is 14.7. The smallest absolute Gasteiger partial charge is 0.386 e. The molecule has 4 nitrogen and oxygen atoms in total. The Morgan fingerprint density at radius 2 is 0.337 bits per heavy atom. The van der Waals surface area contributed by atoms with Gasteiger partial charge in [-0.2, -0.15) is 4.57 Å². The van der Waals surface area contributed by atoms with Crippen LogP contribution >= 0.6 is 7.82 Å². The van der Waals surface area contributed by atoms with Gasteiger partial charge in [0.2, 0.25) is 0 Å². The molecule has 0 spiro atoms. The molecule has 0 aromatic heterocycles. The molecule has 0 fully saturated rings. The molecule has 9 atom stereocenters. The van der Waals surface area contributed by atoms with E-state index in [0.29, 0.717) is 17.2 Å². The summed E-state index contributed by atoms with van der Waals surface area (Å²) in [5, 5.41) is 0. The molecule has 9 unspecified atom stereocenters. The van der Waals surface area contributed by atoms with Crippen molar-refractivity contribution < 1.29 is 18.1 Å². The van der Waals surface area contributed by atoms with Crippen molar-refractivity contribution in [3.05, 3.63) is 410 Å². The van der Waals surface area contributed by atoms with Crippen LogP contribution in [0.15, 0.2) is 309 Å². The van der Waals surface area contributed by atoms with Crippen molar-refractivity contribution in [1.82, 2.24) is 0 Å². The molecule has 476 valence electrons. The maximum atomic E-state index is 18.2. The Labute approximate surface area is 565 Å². The molecule has 12 aromatic rings. The lowest BCUT2D eigenvalue weighted by molar-refractivity contribution is 0.294. The van der Waals surface area contributed by atoms with Crippen molar-refractivity contribution in [3.63, 3.8) is 0 Å². The fourth-order valence-corrected chi connectivity index (χ4v) is 16.0. The van der Waals surface area contributed by atoms with E-state index in [-0.39, 0.29) is 53.3 Å². The first-order valence-electron chi connectivity index (χ1n) is 33.9. The van der Waals surface area contributed by atoms with Gasteiger partial charge in [0.05, 0.1) is 0 Å². The molecule has 0 amide bonds. The van der Waals surface area contributed by atoms with Crippen molar-refractivity contribution in [1.29, 1.82) is 0 Å². The second kappa shape index (κ2) is 29.7. The molecule has 0 aliphatic rings. The zero-order chi connectivity index (χ0) is 66.0. The van der Waals surface area contributed by atoms with Crippen molar-refractivity contribution in [2.45, 2.75) is 116 Å². The normalized spacial score (nSPS) is 15.0. The number of rotatable bonds is 24. The van der Waals surface area contributed by atoms with Crippen LogP contribution in [0.2, 0.25) is 0 Å². The van der Waals surface area contributed by atoms with Gasteiger partial charge in [0, 0.05) is 70.0 Å². The molecule has 95 heavy (non-hydrogen) atoms. The van der Waals surface area contributed by atoms with E-state index in [4.69, 9.17) is 13.6 Å². The van der Waals surface area contributed by atoms with Crippen LogP contribution < -0.4 is 13.6 Å². The van der Waals surface area contributed by atoms with Crippen molar-refractivity contribution in [3.8, 4) is 17.2 Å². The molecular weight excluding hydrogens is 1180 g/mol. The number of hydrogen-bond donors (Lipinski definition) is 0. The molecule has 12 aromatic carbocycles. The fraction of sp³-hybridized carbons (Fsp3) is 0.200. The summed E-state index contributed by atoms with van der Waals surface area (Å²) in [6.45, 7) is 20.5. The van der Waals surface area contributed by atoms with E-state index in [1.54, 1.807) is 0 Å². The van der Waals surface area contributed by atoms with Gasteiger partial charge in [0.15, 0.2) is 0 Å². The molecule has 0 heterocycles. The first-order valence-corrected chi connectivity index (χ1v) is 35.4. The summed E-state index contributed by atoms with van der Waals surface area (Å²) < 4.78 is 41.3. The van der Waals surface area contributed by atoms with Crippen LogP contribution in [-0.2, 0) is 4.57 Å². The molecule has 0 bridgehead atoms. The lowest BCUT2D eigenvalue weighted by Gasteiger charge is -2.33. The highest BCUT2D eigenvalue weighted by Crippen LogP contribution is 2.58. The first kappa shape index (κ1) is 65.3. The third-order valence-electron chi connectivity index (χ3n) is 20.2. The number of phosphoric ester groups is 1. The second-order valence-electron chi connectivity index (χ2n) is 25.9.